The molecule has 1 rings (SSSR count). The van der Waals surface area contributed by atoms with Crippen LogP contribution in [0.15, 0.2) is 24.3 Å². The van der Waals surface area contributed by atoms with Crippen molar-refractivity contribution < 1.29 is 4.79 Å². The van der Waals surface area contributed by atoms with E-state index in [2.05, 4.69) is 12.2 Å². The third-order valence-corrected chi connectivity index (χ3v) is 2.33. The van der Waals surface area contributed by atoms with Gasteiger partial charge >= 0.3 is 6.03 Å². The minimum absolute atomic E-state index is 0.0981. The Kier molecular flexibility index (Phi) is 4.64. The van der Waals surface area contributed by atoms with Gasteiger partial charge in [0.05, 0.1) is 0 Å². The molecule has 0 fully saturated rings. The van der Waals surface area contributed by atoms with Gasteiger partial charge in [0, 0.05) is 25.0 Å². The molecule has 88 valence electrons. The molecule has 0 radical (unpaired) electrons. The Hall–Kier alpha value is -1.71. The lowest BCUT2D eigenvalue weighted by atomic mass is 10.3. The van der Waals surface area contributed by atoms with Gasteiger partial charge in [0.15, 0.2) is 0 Å². The Balaban J connectivity index is 2.50. The summed E-state index contributed by atoms with van der Waals surface area (Å²) in [4.78, 5) is 13.4. The number of hydrogen-bond donors (Lipinski definition) is 2. The Bertz CT molecular complexity index is 352. The highest BCUT2D eigenvalue weighted by molar-refractivity contribution is 5.89. The van der Waals surface area contributed by atoms with Crippen LogP contribution in [0.5, 0.6) is 0 Å². The minimum atomic E-state index is -0.0981. The zero-order valence-corrected chi connectivity index (χ0v) is 9.86. The fraction of sp³-hybridized carbons (Fsp3) is 0.417. The molecule has 0 aliphatic heterocycles. The van der Waals surface area contributed by atoms with Crippen LogP contribution in [-0.2, 0) is 0 Å². The smallest absolute Gasteiger partial charge is 0.321 e. The highest BCUT2D eigenvalue weighted by Crippen LogP contribution is 2.12. The van der Waals surface area contributed by atoms with Gasteiger partial charge in [-0.3, -0.25) is 0 Å². The van der Waals surface area contributed by atoms with Crippen molar-refractivity contribution >= 4 is 17.4 Å². The molecule has 16 heavy (non-hydrogen) atoms. The lowest BCUT2D eigenvalue weighted by molar-refractivity contribution is 0.222. The van der Waals surface area contributed by atoms with Gasteiger partial charge in [-0.1, -0.05) is 19.4 Å². The number of rotatable bonds is 4. The van der Waals surface area contributed by atoms with E-state index in [0.29, 0.717) is 5.69 Å². The van der Waals surface area contributed by atoms with Crippen LogP contribution in [0.4, 0.5) is 16.2 Å². The number of carbonyl (C=O) groups is 1. The molecule has 0 spiro atoms. The lowest BCUT2D eigenvalue weighted by Crippen LogP contribution is -2.32. The van der Waals surface area contributed by atoms with Crippen LogP contribution in [0.25, 0.3) is 0 Å². The molecule has 0 aliphatic carbocycles. The number of nitrogen functional groups attached to an aromatic ring is 1. The molecule has 1 aromatic carbocycles. The number of urea groups is 1. The Morgan fingerprint density at radius 2 is 2.25 bits per heavy atom. The number of nitrogens with one attached hydrogen (secondary N) is 1. The minimum Gasteiger partial charge on any atom is -0.399 e. The molecule has 0 unspecified atom stereocenters. The van der Waals surface area contributed by atoms with E-state index in [1.165, 1.54) is 0 Å². The van der Waals surface area contributed by atoms with Gasteiger partial charge in [-0.05, 0) is 24.6 Å². The molecule has 4 nitrogen and oxygen atoms in total. The predicted octanol–water partition coefficient (Wildman–Crippen LogP) is 2.53. The molecule has 3 N–H and O–H groups in total. The second kappa shape index (κ2) is 6.00. The average molecular weight is 221 g/mol. The summed E-state index contributed by atoms with van der Waals surface area (Å²) in [6.07, 6.45) is 2.09. The molecule has 0 aliphatic rings. The van der Waals surface area contributed by atoms with Gasteiger partial charge in [-0.15, -0.1) is 0 Å². The maximum atomic E-state index is 11.7. The predicted molar refractivity (Wildman–Crippen MR) is 67.4 cm³/mol. The summed E-state index contributed by atoms with van der Waals surface area (Å²) in [7, 11) is 1.79. The number of anilines is 2. The maximum Gasteiger partial charge on any atom is 0.321 e. The molecule has 0 saturated carbocycles. The van der Waals surface area contributed by atoms with Gasteiger partial charge in [-0.25, -0.2) is 4.79 Å². The normalized spacial score (nSPS) is 9.88. The van der Waals surface area contributed by atoms with E-state index in [1.807, 2.05) is 12.1 Å². The van der Waals surface area contributed by atoms with E-state index in [0.717, 1.165) is 25.1 Å². The van der Waals surface area contributed by atoms with Crippen LogP contribution in [0.2, 0.25) is 0 Å². The molecule has 0 bridgehead atoms. The number of unbranched alkanes of at least 4 members (excludes halogenated alkanes) is 1. The van der Waals surface area contributed by atoms with Crippen molar-refractivity contribution in [2.45, 2.75) is 19.8 Å². The topological polar surface area (TPSA) is 58.4 Å². The second-order valence-electron chi connectivity index (χ2n) is 3.83. The van der Waals surface area contributed by atoms with Gasteiger partial charge in [0.25, 0.3) is 0 Å². The van der Waals surface area contributed by atoms with Gasteiger partial charge in [0.1, 0.15) is 0 Å². The molecular weight excluding hydrogens is 202 g/mol. The number of carbonyl (C=O) groups excluding carboxylic acids is 1. The molecule has 0 atom stereocenters. The van der Waals surface area contributed by atoms with Crippen LogP contribution in [0.3, 0.4) is 0 Å². The van der Waals surface area contributed by atoms with Crippen molar-refractivity contribution in [3.8, 4) is 0 Å². The van der Waals surface area contributed by atoms with E-state index >= 15 is 0 Å². The Labute approximate surface area is 96.4 Å². The van der Waals surface area contributed by atoms with Gasteiger partial charge in [0.2, 0.25) is 0 Å². The third kappa shape index (κ3) is 3.81. The van der Waals surface area contributed by atoms with Crippen LogP contribution in [0, 0.1) is 0 Å². The zero-order valence-electron chi connectivity index (χ0n) is 9.86. The summed E-state index contributed by atoms with van der Waals surface area (Å²) in [5.41, 5.74) is 7.00. The van der Waals surface area contributed by atoms with Crippen LogP contribution >= 0.6 is 0 Å². The summed E-state index contributed by atoms with van der Waals surface area (Å²) in [6.45, 7) is 2.87. The molecule has 0 saturated heterocycles. The van der Waals surface area contributed by atoms with Gasteiger partial charge < -0.3 is 16.0 Å². The summed E-state index contributed by atoms with van der Waals surface area (Å²) < 4.78 is 0. The molecule has 0 aromatic heterocycles. The number of benzene rings is 1. The zero-order chi connectivity index (χ0) is 12.0. The lowest BCUT2D eigenvalue weighted by Gasteiger charge is -2.17. The van der Waals surface area contributed by atoms with Crippen molar-refractivity contribution in [2.75, 3.05) is 24.6 Å². The fourth-order valence-electron chi connectivity index (χ4n) is 1.33. The Morgan fingerprint density at radius 3 is 2.88 bits per heavy atom. The number of nitrogens with two attached hydrogens (primary N) is 1. The van der Waals surface area contributed by atoms with Crippen molar-refractivity contribution in [2.24, 2.45) is 0 Å². The number of hydrogen-bond acceptors (Lipinski definition) is 2. The number of nitrogens with zero attached hydrogens (tertiary/aromatic N) is 1. The fourth-order valence-corrected chi connectivity index (χ4v) is 1.33. The van der Waals surface area contributed by atoms with E-state index in [9.17, 15) is 4.79 Å². The van der Waals surface area contributed by atoms with E-state index < -0.39 is 0 Å². The van der Waals surface area contributed by atoms with Crippen molar-refractivity contribution in [3.63, 3.8) is 0 Å². The summed E-state index contributed by atoms with van der Waals surface area (Å²) in [6, 6.07) is 7.07. The van der Waals surface area contributed by atoms with E-state index in [4.69, 9.17) is 5.73 Å². The highest BCUT2D eigenvalue weighted by atomic mass is 16.2. The third-order valence-electron chi connectivity index (χ3n) is 2.33. The summed E-state index contributed by atoms with van der Waals surface area (Å²) in [5.74, 6) is 0. The molecule has 1 aromatic rings. The molecular formula is C12H19N3O. The first-order valence-electron chi connectivity index (χ1n) is 5.51. The first-order chi connectivity index (χ1) is 7.63. The van der Waals surface area contributed by atoms with Gasteiger partial charge in [-0.2, -0.15) is 0 Å². The molecule has 4 heteroatoms. The van der Waals surface area contributed by atoms with Crippen LogP contribution in [-0.4, -0.2) is 24.5 Å². The quantitative estimate of drug-likeness (QED) is 0.767. The SMILES string of the molecule is CCCCN(C)C(=O)Nc1cccc(N)c1. The number of amides is 2. The first-order valence-corrected chi connectivity index (χ1v) is 5.51. The second-order valence-corrected chi connectivity index (χ2v) is 3.83. The van der Waals surface area contributed by atoms with Crippen molar-refractivity contribution in [1.82, 2.24) is 4.90 Å². The van der Waals surface area contributed by atoms with Crippen LogP contribution in [0.1, 0.15) is 19.8 Å². The highest BCUT2D eigenvalue weighted by Gasteiger charge is 2.07. The van der Waals surface area contributed by atoms with Crippen LogP contribution < -0.4 is 11.1 Å². The molecule has 0 heterocycles. The summed E-state index contributed by atoms with van der Waals surface area (Å²) >= 11 is 0. The maximum absolute atomic E-state index is 11.7. The standard InChI is InChI=1S/C12H19N3O/c1-3-4-8-15(2)12(16)14-11-7-5-6-10(13)9-11/h5-7,9H,3-4,8,13H2,1-2H3,(H,14,16). The van der Waals surface area contributed by atoms with E-state index in [1.54, 1.807) is 24.1 Å². The largest absolute Gasteiger partial charge is 0.399 e. The molecule has 2 amide bonds. The van der Waals surface area contributed by atoms with Crippen molar-refractivity contribution in [3.05, 3.63) is 24.3 Å². The average Bonchev–Trinajstić information content (AvgIpc) is 2.25. The van der Waals surface area contributed by atoms with E-state index in [-0.39, 0.29) is 6.03 Å². The Morgan fingerprint density at radius 1 is 1.50 bits per heavy atom. The summed E-state index contributed by atoms with van der Waals surface area (Å²) in [5, 5.41) is 2.80. The first kappa shape index (κ1) is 12.4. The monoisotopic (exact) mass is 221 g/mol. The van der Waals surface area contributed by atoms with Crippen molar-refractivity contribution in [1.29, 1.82) is 0 Å².